The van der Waals surface area contributed by atoms with Crippen molar-refractivity contribution in [3.8, 4) is 11.3 Å². The molecule has 19 heavy (non-hydrogen) atoms. The molecule has 98 valence electrons. The Hall–Kier alpha value is -2.29. The quantitative estimate of drug-likeness (QED) is 0.680. The van der Waals surface area contributed by atoms with Gasteiger partial charge in [-0.2, -0.15) is 5.10 Å². The van der Waals surface area contributed by atoms with Gasteiger partial charge >= 0.3 is 5.97 Å². The van der Waals surface area contributed by atoms with Gasteiger partial charge in [-0.05, 0) is 15.9 Å². The Kier molecular flexibility index (Phi) is 3.30. The van der Waals surface area contributed by atoms with E-state index in [1.807, 2.05) is 0 Å². The SMILES string of the molecule is Cn1cc(-c2ncc(Br)cc2[N+](=O)[O-])c(C(=O)O)n1. The van der Waals surface area contributed by atoms with Crippen molar-refractivity contribution in [3.63, 3.8) is 0 Å². The number of carboxylic acid groups (broad SMARTS) is 1. The van der Waals surface area contributed by atoms with Crippen molar-refractivity contribution in [2.24, 2.45) is 7.05 Å². The number of pyridine rings is 1. The van der Waals surface area contributed by atoms with Gasteiger partial charge in [-0.3, -0.25) is 14.8 Å². The van der Waals surface area contributed by atoms with Crippen LogP contribution in [0.4, 0.5) is 5.69 Å². The molecule has 0 spiro atoms. The van der Waals surface area contributed by atoms with Gasteiger partial charge in [-0.15, -0.1) is 0 Å². The number of aryl methyl sites for hydroxylation is 1. The van der Waals surface area contributed by atoms with Crippen LogP contribution >= 0.6 is 15.9 Å². The summed E-state index contributed by atoms with van der Waals surface area (Å²) in [7, 11) is 1.53. The highest BCUT2D eigenvalue weighted by molar-refractivity contribution is 9.10. The minimum absolute atomic E-state index is 0.0290. The summed E-state index contributed by atoms with van der Waals surface area (Å²) in [5.41, 5.74) is -0.488. The molecule has 0 radical (unpaired) electrons. The normalized spacial score (nSPS) is 10.4. The molecule has 8 nitrogen and oxygen atoms in total. The number of aromatic carboxylic acids is 1. The lowest BCUT2D eigenvalue weighted by molar-refractivity contribution is -0.384. The molecule has 1 N–H and O–H groups in total. The van der Waals surface area contributed by atoms with Crippen LogP contribution in [0, 0.1) is 10.1 Å². The third-order valence-electron chi connectivity index (χ3n) is 2.32. The molecule has 9 heteroatoms. The Labute approximate surface area is 115 Å². The molecular formula is C10H7BrN4O4. The van der Waals surface area contributed by atoms with Crippen LogP contribution in [0.1, 0.15) is 10.5 Å². The lowest BCUT2D eigenvalue weighted by atomic mass is 10.1. The second-order valence-corrected chi connectivity index (χ2v) is 4.56. The molecule has 0 aliphatic heterocycles. The van der Waals surface area contributed by atoms with Gasteiger partial charge in [0.2, 0.25) is 0 Å². The maximum Gasteiger partial charge on any atom is 0.357 e. The predicted octanol–water partition coefficient (Wildman–Crippen LogP) is 1.85. The van der Waals surface area contributed by atoms with E-state index in [0.29, 0.717) is 4.47 Å². The van der Waals surface area contributed by atoms with Gasteiger partial charge in [0.05, 0.1) is 10.5 Å². The lowest BCUT2D eigenvalue weighted by Crippen LogP contribution is -2.02. The summed E-state index contributed by atoms with van der Waals surface area (Å²) in [6.45, 7) is 0. The van der Waals surface area contributed by atoms with E-state index in [1.54, 1.807) is 0 Å². The molecule has 2 aromatic heterocycles. The molecule has 0 bridgehead atoms. The summed E-state index contributed by atoms with van der Waals surface area (Å²) >= 11 is 3.09. The van der Waals surface area contributed by atoms with E-state index in [-0.39, 0.29) is 22.6 Å². The number of carboxylic acids is 1. The molecular weight excluding hydrogens is 320 g/mol. The molecule has 2 rings (SSSR count). The number of nitro groups is 1. The maximum absolute atomic E-state index is 11.1. The van der Waals surface area contributed by atoms with Crippen molar-refractivity contribution in [2.75, 3.05) is 0 Å². The van der Waals surface area contributed by atoms with E-state index in [4.69, 9.17) is 5.11 Å². The highest BCUT2D eigenvalue weighted by atomic mass is 79.9. The fourth-order valence-electron chi connectivity index (χ4n) is 1.59. The molecule has 2 heterocycles. The third-order valence-corrected chi connectivity index (χ3v) is 2.75. The first kappa shape index (κ1) is 13.1. The Morgan fingerprint density at radius 1 is 1.58 bits per heavy atom. The molecule has 0 saturated heterocycles. The van der Waals surface area contributed by atoms with Crippen LogP contribution in [0.3, 0.4) is 0 Å². The van der Waals surface area contributed by atoms with Gasteiger partial charge in [0, 0.05) is 30.0 Å². The van der Waals surface area contributed by atoms with Crippen LogP contribution in [0.25, 0.3) is 11.3 Å². The van der Waals surface area contributed by atoms with Crippen molar-refractivity contribution in [2.45, 2.75) is 0 Å². The van der Waals surface area contributed by atoms with Gasteiger partial charge in [-0.25, -0.2) is 9.78 Å². The largest absolute Gasteiger partial charge is 0.476 e. The predicted molar refractivity (Wildman–Crippen MR) is 67.8 cm³/mol. The summed E-state index contributed by atoms with van der Waals surface area (Å²) in [6, 6.07) is 1.26. The van der Waals surface area contributed by atoms with Crippen LogP contribution in [0.15, 0.2) is 22.9 Å². The number of hydrogen-bond acceptors (Lipinski definition) is 5. The van der Waals surface area contributed by atoms with Crippen LogP contribution < -0.4 is 0 Å². The molecule has 2 aromatic rings. The average Bonchev–Trinajstić information content (AvgIpc) is 2.71. The number of nitrogens with zero attached hydrogens (tertiary/aromatic N) is 4. The van der Waals surface area contributed by atoms with Crippen molar-refractivity contribution in [1.82, 2.24) is 14.8 Å². The zero-order valence-corrected chi connectivity index (χ0v) is 11.2. The minimum Gasteiger partial charge on any atom is -0.476 e. The summed E-state index contributed by atoms with van der Waals surface area (Å²) in [5, 5.41) is 23.8. The second kappa shape index (κ2) is 4.76. The van der Waals surface area contributed by atoms with Crippen LogP contribution in [0.2, 0.25) is 0 Å². The number of hydrogen-bond donors (Lipinski definition) is 1. The van der Waals surface area contributed by atoms with E-state index in [2.05, 4.69) is 26.0 Å². The van der Waals surface area contributed by atoms with Gasteiger partial charge in [0.1, 0.15) is 0 Å². The molecule has 0 fully saturated rings. The zero-order valence-electron chi connectivity index (χ0n) is 9.57. The molecule has 0 atom stereocenters. The van der Waals surface area contributed by atoms with Crippen molar-refractivity contribution >= 4 is 27.6 Å². The molecule has 0 amide bonds. The van der Waals surface area contributed by atoms with Crippen molar-refractivity contribution in [3.05, 3.63) is 38.7 Å². The number of rotatable bonds is 3. The third kappa shape index (κ3) is 2.45. The molecule has 0 aliphatic rings. The van der Waals surface area contributed by atoms with Gasteiger partial charge in [0.25, 0.3) is 5.69 Å². The summed E-state index contributed by atoms with van der Waals surface area (Å²) in [4.78, 5) is 25.4. The van der Waals surface area contributed by atoms with Gasteiger partial charge < -0.3 is 5.11 Å². The van der Waals surface area contributed by atoms with E-state index >= 15 is 0 Å². The first-order valence-electron chi connectivity index (χ1n) is 4.97. The molecule has 0 saturated carbocycles. The number of carbonyl (C=O) groups is 1. The van der Waals surface area contributed by atoms with Crippen molar-refractivity contribution < 1.29 is 14.8 Å². The standard InChI is InChI=1S/C10H7BrN4O4/c1-14-4-6(9(13-14)10(16)17)8-7(15(18)19)2-5(11)3-12-8/h2-4H,1H3,(H,16,17). The average molecular weight is 327 g/mol. The van der Waals surface area contributed by atoms with Crippen LogP contribution in [-0.4, -0.2) is 30.8 Å². The van der Waals surface area contributed by atoms with Crippen LogP contribution in [0.5, 0.6) is 0 Å². The Morgan fingerprint density at radius 2 is 2.26 bits per heavy atom. The maximum atomic E-state index is 11.1. The summed E-state index contributed by atoms with van der Waals surface area (Å²) in [6.07, 6.45) is 2.74. The van der Waals surface area contributed by atoms with Gasteiger partial charge in [-0.1, -0.05) is 0 Å². The Bertz CT molecular complexity index is 682. The number of aromatic nitrogens is 3. The van der Waals surface area contributed by atoms with Gasteiger partial charge in [0.15, 0.2) is 11.4 Å². The van der Waals surface area contributed by atoms with E-state index in [0.717, 1.165) is 0 Å². The second-order valence-electron chi connectivity index (χ2n) is 3.65. The molecule has 0 aliphatic carbocycles. The van der Waals surface area contributed by atoms with E-state index in [9.17, 15) is 14.9 Å². The summed E-state index contributed by atoms with van der Waals surface area (Å²) in [5.74, 6) is -1.27. The smallest absolute Gasteiger partial charge is 0.357 e. The van der Waals surface area contributed by atoms with E-state index in [1.165, 1.54) is 30.2 Å². The first-order valence-corrected chi connectivity index (χ1v) is 5.76. The topological polar surface area (TPSA) is 111 Å². The Morgan fingerprint density at radius 3 is 2.84 bits per heavy atom. The summed E-state index contributed by atoms with van der Waals surface area (Å²) < 4.78 is 1.70. The van der Waals surface area contributed by atoms with Crippen molar-refractivity contribution in [1.29, 1.82) is 0 Å². The highest BCUT2D eigenvalue weighted by Crippen LogP contribution is 2.31. The zero-order chi connectivity index (χ0) is 14.2. The first-order chi connectivity index (χ1) is 8.90. The molecule has 0 aromatic carbocycles. The monoisotopic (exact) mass is 326 g/mol. The fraction of sp³-hybridized carbons (Fsp3) is 0.100. The molecule has 0 unspecified atom stereocenters. The minimum atomic E-state index is -1.27. The lowest BCUT2D eigenvalue weighted by Gasteiger charge is -2.01. The number of halogens is 1. The highest BCUT2D eigenvalue weighted by Gasteiger charge is 2.25. The van der Waals surface area contributed by atoms with E-state index < -0.39 is 10.9 Å². The Balaban J connectivity index is 2.72. The van der Waals surface area contributed by atoms with Crippen LogP contribution in [-0.2, 0) is 7.05 Å². The fourth-order valence-corrected chi connectivity index (χ4v) is 1.91.